The smallest absolute Gasteiger partial charge is 0.198 e. The summed E-state index contributed by atoms with van der Waals surface area (Å²) < 4.78 is 1.04. The van der Waals surface area contributed by atoms with Crippen LogP contribution in [0.1, 0.15) is 5.56 Å². The van der Waals surface area contributed by atoms with Crippen LogP contribution in [-0.4, -0.2) is 9.97 Å². The van der Waals surface area contributed by atoms with Crippen molar-refractivity contribution in [2.75, 3.05) is 5.73 Å². The highest BCUT2D eigenvalue weighted by Gasteiger charge is 2.03. The van der Waals surface area contributed by atoms with Gasteiger partial charge in [-0.2, -0.15) is 0 Å². The van der Waals surface area contributed by atoms with Crippen molar-refractivity contribution in [3.63, 3.8) is 0 Å². The second kappa shape index (κ2) is 2.48. The number of nitrogens with two attached hydrogens (primary N) is 1. The summed E-state index contributed by atoms with van der Waals surface area (Å²) >= 11 is 3.40. The number of imidazole rings is 1. The zero-order valence-corrected chi connectivity index (χ0v) is 8.14. The average molecular weight is 226 g/mol. The molecule has 0 saturated heterocycles. The van der Waals surface area contributed by atoms with Crippen LogP contribution in [0.5, 0.6) is 0 Å². The Morgan fingerprint density at radius 1 is 1.50 bits per heavy atom. The zero-order chi connectivity index (χ0) is 8.72. The van der Waals surface area contributed by atoms with Crippen LogP contribution in [-0.2, 0) is 0 Å². The van der Waals surface area contributed by atoms with Crippen molar-refractivity contribution < 1.29 is 0 Å². The van der Waals surface area contributed by atoms with Crippen molar-refractivity contribution in [2.45, 2.75) is 6.92 Å². The molecule has 0 bridgehead atoms. The summed E-state index contributed by atoms with van der Waals surface area (Å²) in [6.45, 7) is 2.01. The van der Waals surface area contributed by atoms with Crippen molar-refractivity contribution in [3.8, 4) is 0 Å². The number of nitrogen functional groups attached to an aromatic ring is 1. The number of aromatic amines is 1. The monoisotopic (exact) mass is 225 g/mol. The number of nitrogens with one attached hydrogen (secondary N) is 1. The van der Waals surface area contributed by atoms with Gasteiger partial charge in [-0.15, -0.1) is 0 Å². The second-order valence-electron chi connectivity index (χ2n) is 2.74. The first-order chi connectivity index (χ1) is 5.66. The number of benzene rings is 1. The molecule has 62 valence electrons. The molecule has 0 saturated carbocycles. The number of hydrogen-bond acceptors (Lipinski definition) is 2. The predicted octanol–water partition coefficient (Wildman–Crippen LogP) is 2.22. The molecule has 0 radical (unpaired) electrons. The molecule has 0 fully saturated rings. The minimum Gasteiger partial charge on any atom is -0.369 e. The van der Waals surface area contributed by atoms with E-state index in [1.54, 1.807) is 0 Å². The van der Waals surface area contributed by atoms with Crippen LogP contribution in [0, 0.1) is 6.92 Å². The van der Waals surface area contributed by atoms with Gasteiger partial charge in [0.25, 0.3) is 0 Å². The summed E-state index contributed by atoms with van der Waals surface area (Å²) in [5.74, 6) is 0.464. The van der Waals surface area contributed by atoms with Gasteiger partial charge in [0.2, 0.25) is 0 Å². The van der Waals surface area contributed by atoms with E-state index in [0.29, 0.717) is 5.95 Å². The predicted molar refractivity (Wildman–Crippen MR) is 52.9 cm³/mol. The van der Waals surface area contributed by atoms with E-state index in [2.05, 4.69) is 25.9 Å². The molecule has 1 aromatic carbocycles. The largest absolute Gasteiger partial charge is 0.369 e. The third kappa shape index (κ3) is 1.08. The molecule has 0 aliphatic carbocycles. The van der Waals surface area contributed by atoms with Crippen molar-refractivity contribution in [3.05, 3.63) is 22.2 Å². The molecule has 0 spiro atoms. The van der Waals surface area contributed by atoms with Crippen LogP contribution in [0.2, 0.25) is 0 Å². The highest BCUT2D eigenvalue weighted by molar-refractivity contribution is 9.10. The fraction of sp³-hybridized carbons (Fsp3) is 0.125. The van der Waals surface area contributed by atoms with Gasteiger partial charge in [-0.3, -0.25) is 0 Å². The Morgan fingerprint density at radius 3 is 3.00 bits per heavy atom. The first-order valence-electron chi connectivity index (χ1n) is 3.58. The van der Waals surface area contributed by atoms with Gasteiger partial charge >= 0.3 is 0 Å². The van der Waals surface area contributed by atoms with Crippen molar-refractivity contribution in [2.24, 2.45) is 0 Å². The molecule has 1 heterocycles. The molecule has 4 heteroatoms. The van der Waals surface area contributed by atoms with Crippen LogP contribution in [0.4, 0.5) is 5.95 Å². The first kappa shape index (κ1) is 7.61. The van der Waals surface area contributed by atoms with Gasteiger partial charge in [0, 0.05) is 4.47 Å². The number of H-pyrrole nitrogens is 1. The third-order valence-corrected chi connectivity index (χ3v) is 2.22. The average Bonchev–Trinajstić information content (AvgIpc) is 2.29. The summed E-state index contributed by atoms with van der Waals surface area (Å²) in [4.78, 5) is 7.13. The van der Waals surface area contributed by atoms with Crippen LogP contribution >= 0.6 is 15.9 Å². The lowest BCUT2D eigenvalue weighted by Gasteiger charge is -1.94. The lowest BCUT2D eigenvalue weighted by Crippen LogP contribution is -1.84. The summed E-state index contributed by atoms with van der Waals surface area (Å²) in [5.41, 5.74) is 8.56. The lowest BCUT2D eigenvalue weighted by atomic mass is 10.2. The molecular formula is C8H8BrN3. The molecule has 1 aromatic heterocycles. The summed E-state index contributed by atoms with van der Waals surface area (Å²) in [7, 11) is 0. The molecule has 0 unspecified atom stereocenters. The molecule has 0 aliphatic rings. The Kier molecular flexibility index (Phi) is 1.58. The number of halogens is 1. The Balaban J connectivity index is 2.88. The Hall–Kier alpha value is -1.03. The SMILES string of the molecule is Cc1cc(Br)cc2[nH]c(N)nc12. The normalized spacial score (nSPS) is 10.8. The highest BCUT2D eigenvalue weighted by Crippen LogP contribution is 2.22. The molecule has 2 rings (SSSR count). The van der Waals surface area contributed by atoms with E-state index in [1.165, 1.54) is 0 Å². The number of rotatable bonds is 0. The molecule has 3 nitrogen and oxygen atoms in total. The number of nitrogens with zero attached hydrogens (tertiary/aromatic N) is 1. The Morgan fingerprint density at radius 2 is 2.25 bits per heavy atom. The minimum absolute atomic E-state index is 0.464. The molecule has 12 heavy (non-hydrogen) atoms. The van der Waals surface area contributed by atoms with E-state index in [1.807, 2.05) is 19.1 Å². The molecular weight excluding hydrogens is 218 g/mol. The van der Waals surface area contributed by atoms with Gasteiger partial charge in [0.05, 0.1) is 11.0 Å². The molecule has 0 amide bonds. The van der Waals surface area contributed by atoms with Gasteiger partial charge in [-0.05, 0) is 24.6 Å². The maximum absolute atomic E-state index is 5.53. The van der Waals surface area contributed by atoms with Crippen molar-refractivity contribution in [1.29, 1.82) is 0 Å². The topological polar surface area (TPSA) is 54.7 Å². The lowest BCUT2D eigenvalue weighted by molar-refractivity contribution is 1.35. The Labute approximate surface area is 78.1 Å². The minimum atomic E-state index is 0.464. The van der Waals surface area contributed by atoms with E-state index in [0.717, 1.165) is 21.1 Å². The Bertz CT molecular complexity index is 433. The summed E-state index contributed by atoms with van der Waals surface area (Å²) in [5, 5.41) is 0. The van der Waals surface area contributed by atoms with E-state index in [9.17, 15) is 0 Å². The summed E-state index contributed by atoms with van der Waals surface area (Å²) in [6.07, 6.45) is 0. The highest BCUT2D eigenvalue weighted by atomic mass is 79.9. The fourth-order valence-electron chi connectivity index (χ4n) is 1.27. The maximum atomic E-state index is 5.53. The number of anilines is 1. The molecule has 3 N–H and O–H groups in total. The van der Waals surface area contributed by atoms with Crippen molar-refractivity contribution >= 4 is 32.9 Å². The third-order valence-electron chi connectivity index (χ3n) is 1.76. The van der Waals surface area contributed by atoms with Crippen LogP contribution in [0.15, 0.2) is 16.6 Å². The number of aromatic nitrogens is 2. The number of aryl methyl sites for hydroxylation is 1. The van der Waals surface area contributed by atoms with E-state index >= 15 is 0 Å². The zero-order valence-electron chi connectivity index (χ0n) is 6.56. The van der Waals surface area contributed by atoms with Crippen LogP contribution in [0.3, 0.4) is 0 Å². The molecule has 2 aromatic rings. The van der Waals surface area contributed by atoms with Gasteiger partial charge in [-0.25, -0.2) is 4.98 Å². The van der Waals surface area contributed by atoms with E-state index in [4.69, 9.17) is 5.73 Å². The van der Waals surface area contributed by atoms with E-state index in [-0.39, 0.29) is 0 Å². The van der Waals surface area contributed by atoms with Gasteiger partial charge in [0.15, 0.2) is 5.95 Å². The maximum Gasteiger partial charge on any atom is 0.198 e. The van der Waals surface area contributed by atoms with Gasteiger partial charge < -0.3 is 10.7 Å². The number of hydrogen-bond donors (Lipinski definition) is 2. The van der Waals surface area contributed by atoms with Crippen LogP contribution in [0.25, 0.3) is 11.0 Å². The number of fused-ring (bicyclic) bond motifs is 1. The fourth-order valence-corrected chi connectivity index (χ4v) is 1.84. The molecule has 0 aliphatic heterocycles. The standard InChI is InChI=1S/C8H8BrN3/c1-4-2-5(9)3-6-7(4)12-8(10)11-6/h2-3H,1H3,(H3,10,11,12). The van der Waals surface area contributed by atoms with Gasteiger partial charge in [-0.1, -0.05) is 15.9 Å². The van der Waals surface area contributed by atoms with Gasteiger partial charge in [0.1, 0.15) is 0 Å². The quantitative estimate of drug-likeness (QED) is 0.723. The van der Waals surface area contributed by atoms with Crippen molar-refractivity contribution in [1.82, 2.24) is 9.97 Å². The summed E-state index contributed by atoms with van der Waals surface area (Å²) in [6, 6.07) is 3.98. The van der Waals surface area contributed by atoms with E-state index < -0.39 is 0 Å². The molecule has 0 atom stereocenters. The second-order valence-corrected chi connectivity index (χ2v) is 3.66. The first-order valence-corrected chi connectivity index (χ1v) is 4.37. The van der Waals surface area contributed by atoms with Crippen LogP contribution < -0.4 is 5.73 Å².